The number of ether oxygens (including phenoxy) is 1. The molecule has 26 heavy (non-hydrogen) atoms. The highest BCUT2D eigenvalue weighted by Crippen LogP contribution is 2.26. The number of hydrogen-bond donors (Lipinski definition) is 1. The van der Waals surface area contributed by atoms with Gasteiger partial charge >= 0.3 is 0 Å². The molecule has 1 amide bonds. The monoisotopic (exact) mass is 352 g/mol. The molecule has 2 aromatic rings. The molecule has 0 spiro atoms. The summed E-state index contributed by atoms with van der Waals surface area (Å²) in [6.07, 6.45) is 0. The molecule has 0 aromatic heterocycles. The van der Waals surface area contributed by atoms with Gasteiger partial charge in [-0.15, -0.1) is 0 Å². The SMILES string of the molecule is C[C@H](C(=O)Nc1ccc(Oc2ccccc2)cc1)[N+]12CCN(CC1)CC2. The number of nitrogens with one attached hydrogen (secondary N) is 1. The molecule has 2 aromatic carbocycles. The summed E-state index contributed by atoms with van der Waals surface area (Å²) < 4.78 is 6.73. The smallest absolute Gasteiger partial charge is 0.282 e. The first-order chi connectivity index (χ1) is 12.6. The number of fused-ring (bicyclic) bond motifs is 3. The Kier molecular flexibility index (Phi) is 4.66. The summed E-state index contributed by atoms with van der Waals surface area (Å²) in [5.41, 5.74) is 0.816. The van der Waals surface area contributed by atoms with Crippen molar-refractivity contribution in [2.45, 2.75) is 13.0 Å². The lowest BCUT2D eigenvalue weighted by atomic mass is 10.1. The Morgan fingerprint density at radius 3 is 2.15 bits per heavy atom. The topological polar surface area (TPSA) is 41.6 Å². The van der Waals surface area contributed by atoms with E-state index < -0.39 is 0 Å². The van der Waals surface area contributed by atoms with Crippen molar-refractivity contribution in [3.63, 3.8) is 0 Å². The van der Waals surface area contributed by atoms with Crippen LogP contribution in [0.25, 0.3) is 0 Å². The largest absolute Gasteiger partial charge is 0.457 e. The molecule has 0 saturated carbocycles. The van der Waals surface area contributed by atoms with Gasteiger partial charge in [-0.25, -0.2) is 0 Å². The van der Waals surface area contributed by atoms with Crippen molar-refractivity contribution in [3.8, 4) is 11.5 Å². The molecule has 1 N–H and O–H groups in total. The van der Waals surface area contributed by atoms with Crippen LogP contribution in [0.15, 0.2) is 54.6 Å². The van der Waals surface area contributed by atoms with Gasteiger partial charge in [-0.3, -0.25) is 9.69 Å². The highest BCUT2D eigenvalue weighted by molar-refractivity contribution is 5.93. The number of benzene rings is 2. The van der Waals surface area contributed by atoms with E-state index in [0.717, 1.165) is 60.9 Å². The first kappa shape index (κ1) is 17.1. The van der Waals surface area contributed by atoms with Gasteiger partial charge in [-0.2, -0.15) is 0 Å². The van der Waals surface area contributed by atoms with E-state index in [1.54, 1.807) is 0 Å². The molecular weight excluding hydrogens is 326 g/mol. The summed E-state index contributed by atoms with van der Waals surface area (Å²) in [4.78, 5) is 15.3. The Labute approximate surface area is 154 Å². The molecule has 1 atom stereocenters. The molecule has 3 aliphatic rings. The number of amides is 1. The number of carbonyl (C=O) groups excluding carboxylic acids is 1. The maximum atomic E-state index is 12.8. The minimum Gasteiger partial charge on any atom is -0.457 e. The average molecular weight is 352 g/mol. The van der Waals surface area contributed by atoms with E-state index in [1.165, 1.54) is 0 Å². The first-order valence-corrected chi connectivity index (χ1v) is 9.37. The standard InChI is InChI=1S/C21H25N3O2/c1-17(24-14-11-23(12-15-24)13-16-24)21(25)22-18-7-9-20(10-8-18)26-19-5-3-2-4-6-19/h2-10,17H,11-16H2,1H3/p+1/t17-/m1/s1. The van der Waals surface area contributed by atoms with Crippen LogP contribution in [-0.4, -0.2) is 60.6 Å². The molecule has 3 fully saturated rings. The van der Waals surface area contributed by atoms with Crippen LogP contribution in [0.5, 0.6) is 11.5 Å². The summed E-state index contributed by atoms with van der Waals surface area (Å²) in [5.74, 6) is 1.67. The number of para-hydroxylation sites is 1. The second-order valence-corrected chi connectivity index (χ2v) is 7.34. The molecule has 2 bridgehead atoms. The number of hydrogen-bond acceptors (Lipinski definition) is 3. The Morgan fingerprint density at radius 1 is 0.962 bits per heavy atom. The third kappa shape index (κ3) is 3.45. The van der Waals surface area contributed by atoms with Crippen molar-refractivity contribution >= 4 is 11.6 Å². The average Bonchev–Trinajstić information content (AvgIpc) is 2.71. The summed E-state index contributed by atoms with van der Waals surface area (Å²) >= 11 is 0. The van der Waals surface area contributed by atoms with E-state index in [1.807, 2.05) is 54.6 Å². The maximum absolute atomic E-state index is 12.8. The van der Waals surface area contributed by atoms with Gasteiger partial charge < -0.3 is 14.5 Å². The minimum absolute atomic E-state index is 0.0160. The van der Waals surface area contributed by atoms with Crippen LogP contribution < -0.4 is 10.1 Å². The van der Waals surface area contributed by atoms with Gasteiger partial charge in [0.15, 0.2) is 6.04 Å². The molecule has 5 heteroatoms. The molecule has 0 radical (unpaired) electrons. The molecular formula is C21H26N3O2+. The summed E-state index contributed by atoms with van der Waals surface area (Å²) in [6.45, 7) is 8.66. The normalized spacial score (nSPS) is 25.5. The highest BCUT2D eigenvalue weighted by Gasteiger charge is 2.45. The maximum Gasteiger partial charge on any atom is 0.282 e. The zero-order valence-corrected chi connectivity index (χ0v) is 15.2. The van der Waals surface area contributed by atoms with E-state index >= 15 is 0 Å². The van der Waals surface area contributed by atoms with Gasteiger partial charge in [0, 0.05) is 25.3 Å². The van der Waals surface area contributed by atoms with Crippen LogP contribution >= 0.6 is 0 Å². The Hall–Kier alpha value is -2.37. The van der Waals surface area contributed by atoms with E-state index in [-0.39, 0.29) is 11.9 Å². The lowest BCUT2D eigenvalue weighted by Crippen LogP contribution is -2.72. The van der Waals surface area contributed by atoms with Crippen LogP contribution in [0.1, 0.15) is 6.92 Å². The van der Waals surface area contributed by atoms with Crippen molar-refractivity contribution in [2.24, 2.45) is 0 Å². The van der Waals surface area contributed by atoms with Gasteiger partial charge in [0.25, 0.3) is 5.91 Å². The molecule has 5 nitrogen and oxygen atoms in total. The fraction of sp³-hybridized carbons (Fsp3) is 0.381. The van der Waals surface area contributed by atoms with Gasteiger partial charge in [-0.05, 0) is 43.3 Å². The van der Waals surface area contributed by atoms with E-state index in [2.05, 4.69) is 17.1 Å². The third-order valence-electron chi connectivity index (χ3n) is 5.89. The number of carbonyl (C=O) groups is 1. The lowest BCUT2D eigenvalue weighted by molar-refractivity contribution is -0.953. The van der Waals surface area contributed by atoms with Crippen molar-refractivity contribution in [2.75, 3.05) is 44.6 Å². The third-order valence-corrected chi connectivity index (χ3v) is 5.89. The molecule has 0 unspecified atom stereocenters. The first-order valence-electron chi connectivity index (χ1n) is 9.37. The summed E-state index contributed by atoms with van der Waals surface area (Å²) in [5, 5.41) is 3.08. The molecule has 5 rings (SSSR count). The van der Waals surface area contributed by atoms with E-state index in [4.69, 9.17) is 4.74 Å². The van der Waals surface area contributed by atoms with E-state index in [9.17, 15) is 4.79 Å². The molecule has 3 saturated heterocycles. The van der Waals surface area contributed by atoms with Crippen LogP contribution in [0, 0.1) is 0 Å². The van der Waals surface area contributed by atoms with Crippen molar-refractivity contribution in [1.82, 2.24) is 4.90 Å². The van der Waals surface area contributed by atoms with Crippen LogP contribution in [0.4, 0.5) is 5.69 Å². The van der Waals surface area contributed by atoms with Crippen LogP contribution in [0.3, 0.4) is 0 Å². The van der Waals surface area contributed by atoms with Gasteiger partial charge in [-0.1, -0.05) is 18.2 Å². The fourth-order valence-electron chi connectivity index (χ4n) is 4.00. The summed E-state index contributed by atoms with van der Waals surface area (Å²) in [7, 11) is 0. The number of piperazine rings is 3. The number of quaternary nitrogens is 1. The molecule has 0 aliphatic carbocycles. The summed E-state index contributed by atoms with van der Waals surface area (Å²) in [6, 6.07) is 17.2. The second-order valence-electron chi connectivity index (χ2n) is 7.34. The molecule has 3 aliphatic heterocycles. The second kappa shape index (κ2) is 7.09. The molecule has 136 valence electrons. The van der Waals surface area contributed by atoms with Crippen molar-refractivity contribution in [1.29, 1.82) is 0 Å². The van der Waals surface area contributed by atoms with Crippen LogP contribution in [0.2, 0.25) is 0 Å². The van der Waals surface area contributed by atoms with Gasteiger partial charge in [0.05, 0.1) is 19.6 Å². The Balaban J connectivity index is 1.38. The quantitative estimate of drug-likeness (QED) is 0.841. The number of nitrogens with zero attached hydrogens (tertiary/aromatic N) is 2. The van der Waals surface area contributed by atoms with Crippen LogP contribution in [-0.2, 0) is 4.79 Å². The van der Waals surface area contributed by atoms with Crippen molar-refractivity contribution < 1.29 is 14.0 Å². The lowest BCUT2D eigenvalue weighted by Gasteiger charge is -2.52. The van der Waals surface area contributed by atoms with Gasteiger partial charge in [0.2, 0.25) is 0 Å². The van der Waals surface area contributed by atoms with Gasteiger partial charge in [0.1, 0.15) is 11.5 Å². The predicted octanol–water partition coefficient (Wildman–Crippen LogP) is 2.95. The van der Waals surface area contributed by atoms with Crippen molar-refractivity contribution in [3.05, 3.63) is 54.6 Å². The fourth-order valence-corrected chi connectivity index (χ4v) is 4.00. The Bertz CT molecular complexity index is 739. The van der Waals surface area contributed by atoms with E-state index in [0.29, 0.717) is 0 Å². The predicted molar refractivity (Wildman–Crippen MR) is 102 cm³/mol. The zero-order valence-electron chi connectivity index (χ0n) is 15.2. The zero-order chi connectivity index (χ0) is 18.0. The molecule has 3 heterocycles. The Morgan fingerprint density at radius 2 is 1.54 bits per heavy atom. The number of rotatable bonds is 5. The number of anilines is 1. The highest BCUT2D eigenvalue weighted by atomic mass is 16.5. The minimum atomic E-state index is -0.0160.